The maximum Gasteiger partial charge on any atom is 0.312 e. The Bertz CT molecular complexity index is 221. The minimum Gasteiger partial charge on any atom is -0.465 e. The van der Waals surface area contributed by atoms with Crippen LogP contribution in [0.15, 0.2) is 0 Å². The van der Waals surface area contributed by atoms with Crippen LogP contribution in [0.1, 0.15) is 59.8 Å². The van der Waals surface area contributed by atoms with Gasteiger partial charge in [0.25, 0.3) is 0 Å². The molecule has 1 saturated carbocycles. The smallest absolute Gasteiger partial charge is 0.312 e. The summed E-state index contributed by atoms with van der Waals surface area (Å²) in [5, 5.41) is 0. The summed E-state index contributed by atoms with van der Waals surface area (Å²) in [5.74, 6) is 0.0368. The van der Waals surface area contributed by atoms with Gasteiger partial charge in [-0.15, -0.1) is 0 Å². The van der Waals surface area contributed by atoms with Crippen LogP contribution in [0.25, 0.3) is 0 Å². The zero-order chi connectivity index (χ0) is 11.5. The van der Waals surface area contributed by atoms with E-state index in [1.807, 2.05) is 0 Å². The molecule has 0 spiro atoms. The number of unbranched alkanes of at least 4 members (excludes halogenated alkanes) is 1. The molecule has 0 heterocycles. The molecule has 0 atom stereocenters. The maximum absolute atomic E-state index is 12.0. The average molecular weight is 212 g/mol. The number of hydrogen-bond donors (Lipinski definition) is 0. The Morgan fingerprint density at radius 1 is 1.33 bits per heavy atom. The Kier molecular flexibility index (Phi) is 3.80. The first-order valence-electron chi connectivity index (χ1n) is 6.11. The van der Waals surface area contributed by atoms with Crippen LogP contribution in [0.2, 0.25) is 0 Å². The van der Waals surface area contributed by atoms with Gasteiger partial charge in [-0.2, -0.15) is 0 Å². The van der Waals surface area contributed by atoms with E-state index in [-0.39, 0.29) is 16.8 Å². The third kappa shape index (κ3) is 2.35. The van der Waals surface area contributed by atoms with E-state index < -0.39 is 0 Å². The monoisotopic (exact) mass is 212 g/mol. The molecule has 15 heavy (non-hydrogen) atoms. The Labute approximate surface area is 93.4 Å². The van der Waals surface area contributed by atoms with E-state index in [0.29, 0.717) is 6.61 Å². The van der Waals surface area contributed by atoms with E-state index >= 15 is 0 Å². The van der Waals surface area contributed by atoms with Crippen LogP contribution < -0.4 is 0 Å². The summed E-state index contributed by atoms with van der Waals surface area (Å²) in [7, 11) is 0. The molecule has 1 rings (SSSR count). The third-order valence-corrected chi connectivity index (χ3v) is 3.76. The molecule has 0 N–H and O–H groups in total. The van der Waals surface area contributed by atoms with Crippen molar-refractivity contribution < 1.29 is 9.53 Å². The lowest BCUT2D eigenvalue weighted by atomic mass is 9.55. The average Bonchev–Trinajstić information content (AvgIpc) is 1.99. The van der Waals surface area contributed by atoms with Gasteiger partial charge in [0, 0.05) is 0 Å². The van der Waals surface area contributed by atoms with Gasteiger partial charge in [-0.25, -0.2) is 0 Å². The normalized spacial score (nSPS) is 19.5. The number of hydrogen-bond acceptors (Lipinski definition) is 2. The molecule has 0 bridgehead atoms. The largest absolute Gasteiger partial charge is 0.465 e. The van der Waals surface area contributed by atoms with Gasteiger partial charge in [-0.3, -0.25) is 4.79 Å². The Morgan fingerprint density at radius 3 is 2.27 bits per heavy atom. The van der Waals surface area contributed by atoms with Gasteiger partial charge in [-0.05, 0) is 24.7 Å². The van der Waals surface area contributed by atoms with E-state index in [9.17, 15) is 4.79 Å². The maximum atomic E-state index is 12.0. The van der Waals surface area contributed by atoms with Crippen molar-refractivity contribution in [3.63, 3.8) is 0 Å². The highest BCUT2D eigenvalue weighted by molar-refractivity contribution is 5.78. The van der Waals surface area contributed by atoms with Crippen molar-refractivity contribution in [3.05, 3.63) is 0 Å². The van der Waals surface area contributed by atoms with E-state index in [0.717, 1.165) is 25.7 Å². The second-order valence-electron chi connectivity index (χ2n) is 5.68. The lowest BCUT2D eigenvalue weighted by molar-refractivity contribution is -0.172. The molecular weight excluding hydrogens is 188 g/mol. The molecule has 0 saturated heterocycles. The van der Waals surface area contributed by atoms with E-state index in [1.54, 1.807) is 0 Å². The summed E-state index contributed by atoms with van der Waals surface area (Å²) in [4.78, 5) is 12.0. The van der Waals surface area contributed by atoms with E-state index in [2.05, 4.69) is 27.7 Å². The van der Waals surface area contributed by atoms with E-state index in [1.165, 1.54) is 6.42 Å². The van der Waals surface area contributed by atoms with Crippen LogP contribution >= 0.6 is 0 Å². The molecule has 1 aliphatic rings. The van der Waals surface area contributed by atoms with Crippen LogP contribution in [0.3, 0.4) is 0 Å². The molecule has 1 fully saturated rings. The summed E-state index contributed by atoms with van der Waals surface area (Å²) >= 11 is 0. The predicted octanol–water partition coefficient (Wildman–Crippen LogP) is 3.55. The first kappa shape index (κ1) is 12.5. The molecule has 0 radical (unpaired) electrons. The molecule has 1 aliphatic carbocycles. The van der Waals surface area contributed by atoms with Gasteiger partial charge >= 0.3 is 5.97 Å². The predicted molar refractivity (Wildman–Crippen MR) is 61.6 cm³/mol. The van der Waals surface area contributed by atoms with Crippen LogP contribution in [0.4, 0.5) is 0 Å². The minimum absolute atomic E-state index is 0.0363. The SMILES string of the molecule is CCCCOC(=O)C1(C(C)(C)C)CCC1. The zero-order valence-electron chi connectivity index (χ0n) is 10.6. The summed E-state index contributed by atoms with van der Waals surface area (Å²) in [6.45, 7) is 9.14. The summed E-state index contributed by atoms with van der Waals surface area (Å²) in [6, 6.07) is 0. The van der Waals surface area contributed by atoms with Gasteiger partial charge in [0.1, 0.15) is 0 Å². The van der Waals surface area contributed by atoms with Crippen LogP contribution in [-0.2, 0) is 9.53 Å². The fourth-order valence-corrected chi connectivity index (χ4v) is 2.24. The molecule has 2 nitrogen and oxygen atoms in total. The highest BCUT2D eigenvalue weighted by atomic mass is 16.5. The molecule has 0 aromatic heterocycles. The van der Waals surface area contributed by atoms with Gasteiger partial charge in [-0.1, -0.05) is 40.5 Å². The van der Waals surface area contributed by atoms with Crippen molar-refractivity contribution in [2.75, 3.05) is 6.61 Å². The van der Waals surface area contributed by atoms with E-state index in [4.69, 9.17) is 4.74 Å². The van der Waals surface area contributed by atoms with Crippen molar-refractivity contribution in [2.45, 2.75) is 59.8 Å². The first-order chi connectivity index (χ1) is 6.94. The quantitative estimate of drug-likeness (QED) is 0.526. The van der Waals surface area contributed by atoms with Crippen LogP contribution in [-0.4, -0.2) is 12.6 Å². The molecule has 2 heteroatoms. The number of rotatable bonds is 4. The van der Waals surface area contributed by atoms with Gasteiger partial charge in [0.05, 0.1) is 12.0 Å². The zero-order valence-corrected chi connectivity index (χ0v) is 10.6. The summed E-state index contributed by atoms with van der Waals surface area (Å²) in [5.41, 5.74) is -0.157. The number of carbonyl (C=O) groups excluding carboxylic acids is 1. The molecule has 0 amide bonds. The molecule has 0 aromatic rings. The van der Waals surface area contributed by atoms with Gasteiger partial charge in [0.2, 0.25) is 0 Å². The Morgan fingerprint density at radius 2 is 1.93 bits per heavy atom. The van der Waals surface area contributed by atoms with Crippen LogP contribution in [0, 0.1) is 10.8 Å². The van der Waals surface area contributed by atoms with Crippen molar-refractivity contribution in [1.82, 2.24) is 0 Å². The second-order valence-corrected chi connectivity index (χ2v) is 5.68. The van der Waals surface area contributed by atoms with Crippen LogP contribution in [0.5, 0.6) is 0 Å². The standard InChI is InChI=1S/C13H24O2/c1-5-6-10-15-11(14)13(8-7-9-13)12(2,3)4/h5-10H2,1-4H3. The molecule has 0 aromatic carbocycles. The molecule has 0 aliphatic heterocycles. The topological polar surface area (TPSA) is 26.3 Å². The lowest BCUT2D eigenvalue weighted by Gasteiger charge is -2.49. The summed E-state index contributed by atoms with van der Waals surface area (Å²) < 4.78 is 5.38. The lowest BCUT2D eigenvalue weighted by Crippen LogP contribution is -2.49. The molecular formula is C13H24O2. The number of esters is 1. The van der Waals surface area contributed by atoms with Gasteiger partial charge < -0.3 is 4.74 Å². The minimum atomic E-state index is -0.194. The number of carbonyl (C=O) groups is 1. The second kappa shape index (κ2) is 4.54. The highest BCUT2D eigenvalue weighted by Crippen LogP contribution is 2.54. The van der Waals surface area contributed by atoms with Crippen molar-refractivity contribution in [3.8, 4) is 0 Å². The van der Waals surface area contributed by atoms with Crippen molar-refractivity contribution in [1.29, 1.82) is 0 Å². The molecule has 0 unspecified atom stereocenters. The Hall–Kier alpha value is -0.530. The third-order valence-electron chi connectivity index (χ3n) is 3.76. The van der Waals surface area contributed by atoms with Gasteiger partial charge in [0.15, 0.2) is 0 Å². The Balaban J connectivity index is 2.55. The van der Waals surface area contributed by atoms with Crippen molar-refractivity contribution in [2.24, 2.45) is 10.8 Å². The first-order valence-corrected chi connectivity index (χ1v) is 6.11. The van der Waals surface area contributed by atoms with Crippen molar-refractivity contribution >= 4 is 5.97 Å². The molecule has 88 valence electrons. The fraction of sp³-hybridized carbons (Fsp3) is 0.923. The summed E-state index contributed by atoms with van der Waals surface area (Å²) in [6.07, 6.45) is 5.23. The number of ether oxygens (including phenoxy) is 1. The highest BCUT2D eigenvalue weighted by Gasteiger charge is 2.53. The fourth-order valence-electron chi connectivity index (χ4n) is 2.24.